The van der Waals surface area contributed by atoms with Gasteiger partial charge < -0.3 is 5.73 Å². The highest BCUT2D eigenvalue weighted by Crippen LogP contribution is 2.04. The van der Waals surface area contributed by atoms with Crippen LogP contribution in [-0.2, 0) is 6.42 Å². The smallest absolute Gasteiger partial charge is 0.129 e. The Morgan fingerprint density at radius 3 is 2.31 bits per heavy atom. The molecule has 0 aliphatic rings. The number of nitrogens with two attached hydrogens (primary N) is 1. The SMILES string of the molecule is Cc1cnc(CC(N)C(C)C)nc1. The first-order chi connectivity index (χ1) is 6.09. The molecule has 0 fully saturated rings. The van der Waals surface area contributed by atoms with Gasteiger partial charge in [0.25, 0.3) is 0 Å². The maximum absolute atomic E-state index is 5.91. The third kappa shape index (κ3) is 3.11. The highest BCUT2D eigenvalue weighted by atomic mass is 14.9. The van der Waals surface area contributed by atoms with Crippen molar-refractivity contribution in [3.05, 3.63) is 23.8 Å². The van der Waals surface area contributed by atoms with Gasteiger partial charge in [-0.3, -0.25) is 0 Å². The van der Waals surface area contributed by atoms with E-state index in [4.69, 9.17) is 5.73 Å². The lowest BCUT2D eigenvalue weighted by Crippen LogP contribution is -2.29. The van der Waals surface area contributed by atoms with E-state index in [1.54, 1.807) is 0 Å². The molecule has 0 spiro atoms. The maximum Gasteiger partial charge on any atom is 0.129 e. The predicted molar refractivity (Wildman–Crippen MR) is 53.3 cm³/mol. The van der Waals surface area contributed by atoms with Crippen molar-refractivity contribution in [2.75, 3.05) is 0 Å². The van der Waals surface area contributed by atoms with Gasteiger partial charge in [-0.15, -0.1) is 0 Å². The molecule has 13 heavy (non-hydrogen) atoms. The van der Waals surface area contributed by atoms with Gasteiger partial charge >= 0.3 is 0 Å². The Balaban J connectivity index is 2.59. The van der Waals surface area contributed by atoms with Crippen LogP contribution in [0.25, 0.3) is 0 Å². The molecule has 2 N–H and O–H groups in total. The number of aromatic nitrogens is 2. The second kappa shape index (κ2) is 4.33. The van der Waals surface area contributed by atoms with Gasteiger partial charge in [0.15, 0.2) is 0 Å². The van der Waals surface area contributed by atoms with Crippen LogP contribution in [0.5, 0.6) is 0 Å². The fourth-order valence-corrected chi connectivity index (χ4v) is 0.971. The van der Waals surface area contributed by atoms with Crippen LogP contribution in [0.1, 0.15) is 25.2 Å². The summed E-state index contributed by atoms with van der Waals surface area (Å²) in [6.07, 6.45) is 4.42. The lowest BCUT2D eigenvalue weighted by atomic mass is 10.0. The van der Waals surface area contributed by atoms with Crippen molar-refractivity contribution in [1.82, 2.24) is 9.97 Å². The lowest BCUT2D eigenvalue weighted by Gasteiger charge is -2.13. The Bertz CT molecular complexity index is 253. The van der Waals surface area contributed by atoms with Gasteiger partial charge in [-0.05, 0) is 18.4 Å². The van der Waals surface area contributed by atoms with Crippen molar-refractivity contribution >= 4 is 0 Å². The summed E-state index contributed by atoms with van der Waals surface area (Å²) in [4.78, 5) is 8.42. The summed E-state index contributed by atoms with van der Waals surface area (Å²) in [5.41, 5.74) is 6.99. The van der Waals surface area contributed by atoms with Crippen LogP contribution in [-0.4, -0.2) is 16.0 Å². The van der Waals surface area contributed by atoms with E-state index in [2.05, 4.69) is 23.8 Å². The molecule has 1 atom stereocenters. The zero-order chi connectivity index (χ0) is 9.84. The molecule has 1 heterocycles. The topological polar surface area (TPSA) is 51.8 Å². The second-order valence-electron chi connectivity index (χ2n) is 3.79. The number of aryl methyl sites for hydroxylation is 1. The number of nitrogens with zero attached hydrogens (tertiary/aromatic N) is 2. The standard InChI is InChI=1S/C10H17N3/c1-7(2)9(11)4-10-12-5-8(3)6-13-10/h5-7,9H,4,11H2,1-3H3. The molecule has 0 saturated carbocycles. The van der Waals surface area contributed by atoms with E-state index in [1.165, 1.54) is 0 Å². The molecule has 1 rings (SSSR count). The summed E-state index contributed by atoms with van der Waals surface area (Å²) < 4.78 is 0. The summed E-state index contributed by atoms with van der Waals surface area (Å²) >= 11 is 0. The molecule has 1 aromatic heterocycles. The maximum atomic E-state index is 5.91. The molecule has 3 heteroatoms. The fourth-order valence-electron chi connectivity index (χ4n) is 0.971. The number of hydrogen-bond donors (Lipinski definition) is 1. The van der Waals surface area contributed by atoms with Crippen LogP contribution < -0.4 is 5.73 Å². The monoisotopic (exact) mass is 179 g/mol. The van der Waals surface area contributed by atoms with Crippen molar-refractivity contribution in [1.29, 1.82) is 0 Å². The molecule has 1 aromatic rings. The third-order valence-electron chi connectivity index (χ3n) is 2.11. The Labute approximate surface area is 79.4 Å². The minimum Gasteiger partial charge on any atom is -0.327 e. The van der Waals surface area contributed by atoms with Crippen molar-refractivity contribution < 1.29 is 0 Å². The van der Waals surface area contributed by atoms with Gasteiger partial charge in [0, 0.05) is 24.9 Å². The zero-order valence-electron chi connectivity index (χ0n) is 8.49. The van der Waals surface area contributed by atoms with E-state index in [1.807, 2.05) is 19.3 Å². The van der Waals surface area contributed by atoms with Crippen LogP contribution in [0.4, 0.5) is 0 Å². The molecule has 0 aromatic carbocycles. The number of rotatable bonds is 3. The van der Waals surface area contributed by atoms with E-state index in [9.17, 15) is 0 Å². The average Bonchev–Trinajstić information content (AvgIpc) is 2.08. The third-order valence-corrected chi connectivity index (χ3v) is 2.11. The molecule has 0 radical (unpaired) electrons. The minimum absolute atomic E-state index is 0.155. The normalized spacial score (nSPS) is 13.3. The first-order valence-corrected chi connectivity index (χ1v) is 4.62. The van der Waals surface area contributed by atoms with Gasteiger partial charge in [-0.2, -0.15) is 0 Å². The van der Waals surface area contributed by atoms with E-state index in [0.29, 0.717) is 5.92 Å². The first kappa shape index (κ1) is 10.1. The first-order valence-electron chi connectivity index (χ1n) is 4.62. The molecule has 1 unspecified atom stereocenters. The van der Waals surface area contributed by atoms with Crippen LogP contribution in [0, 0.1) is 12.8 Å². The molecule has 0 bridgehead atoms. The summed E-state index contributed by atoms with van der Waals surface area (Å²) in [7, 11) is 0. The van der Waals surface area contributed by atoms with E-state index in [0.717, 1.165) is 17.8 Å². The molecule has 0 amide bonds. The minimum atomic E-state index is 0.155. The van der Waals surface area contributed by atoms with Gasteiger partial charge in [0.1, 0.15) is 5.82 Å². The quantitative estimate of drug-likeness (QED) is 0.761. The van der Waals surface area contributed by atoms with Crippen LogP contribution >= 0.6 is 0 Å². The molecular formula is C10H17N3. The summed E-state index contributed by atoms with van der Waals surface area (Å²) in [5, 5.41) is 0. The van der Waals surface area contributed by atoms with Crippen molar-refractivity contribution in [2.24, 2.45) is 11.7 Å². The Morgan fingerprint density at radius 2 is 1.85 bits per heavy atom. The van der Waals surface area contributed by atoms with E-state index >= 15 is 0 Å². The van der Waals surface area contributed by atoms with Crippen LogP contribution in [0.15, 0.2) is 12.4 Å². The molecular weight excluding hydrogens is 162 g/mol. The van der Waals surface area contributed by atoms with Gasteiger partial charge in [0.05, 0.1) is 0 Å². The van der Waals surface area contributed by atoms with Crippen LogP contribution in [0.3, 0.4) is 0 Å². The molecule has 0 aliphatic heterocycles. The molecule has 0 aliphatic carbocycles. The highest BCUT2D eigenvalue weighted by Gasteiger charge is 2.09. The van der Waals surface area contributed by atoms with Crippen molar-refractivity contribution in [3.8, 4) is 0 Å². The second-order valence-corrected chi connectivity index (χ2v) is 3.79. The Kier molecular flexibility index (Phi) is 3.37. The number of hydrogen-bond acceptors (Lipinski definition) is 3. The largest absolute Gasteiger partial charge is 0.327 e. The van der Waals surface area contributed by atoms with Crippen molar-refractivity contribution in [2.45, 2.75) is 33.2 Å². The molecule has 0 saturated heterocycles. The van der Waals surface area contributed by atoms with Crippen molar-refractivity contribution in [3.63, 3.8) is 0 Å². The Morgan fingerprint density at radius 1 is 1.31 bits per heavy atom. The Hall–Kier alpha value is -0.960. The lowest BCUT2D eigenvalue weighted by molar-refractivity contribution is 0.481. The zero-order valence-corrected chi connectivity index (χ0v) is 8.49. The summed E-state index contributed by atoms with van der Waals surface area (Å²) in [6.45, 7) is 6.20. The summed E-state index contributed by atoms with van der Waals surface area (Å²) in [5.74, 6) is 1.32. The van der Waals surface area contributed by atoms with Gasteiger partial charge in [-0.1, -0.05) is 13.8 Å². The molecule has 3 nitrogen and oxygen atoms in total. The summed E-state index contributed by atoms with van der Waals surface area (Å²) in [6, 6.07) is 0.155. The molecule has 72 valence electrons. The van der Waals surface area contributed by atoms with Gasteiger partial charge in [-0.25, -0.2) is 9.97 Å². The highest BCUT2D eigenvalue weighted by molar-refractivity contribution is 5.02. The average molecular weight is 179 g/mol. The van der Waals surface area contributed by atoms with E-state index < -0.39 is 0 Å². The predicted octanol–water partition coefficient (Wildman–Crippen LogP) is 1.31. The fraction of sp³-hybridized carbons (Fsp3) is 0.600. The van der Waals surface area contributed by atoms with Crippen LogP contribution in [0.2, 0.25) is 0 Å². The van der Waals surface area contributed by atoms with Gasteiger partial charge in [0.2, 0.25) is 0 Å². The van der Waals surface area contributed by atoms with E-state index in [-0.39, 0.29) is 6.04 Å².